The minimum absolute atomic E-state index is 0.0218. The van der Waals surface area contributed by atoms with Gasteiger partial charge in [0, 0.05) is 23.0 Å². The summed E-state index contributed by atoms with van der Waals surface area (Å²) in [6, 6.07) is 8.02. The van der Waals surface area contributed by atoms with E-state index in [0.717, 1.165) is 30.6 Å². The van der Waals surface area contributed by atoms with Gasteiger partial charge in [0.2, 0.25) is 5.91 Å². The first-order valence-electron chi connectivity index (χ1n) is 8.53. The van der Waals surface area contributed by atoms with Crippen LogP contribution in [0.15, 0.2) is 29.2 Å². The number of amides is 2. The average molecular weight is 350 g/mol. The Hall–Kier alpha value is -1.53. The molecular weight excluding hydrogens is 322 g/mol. The van der Waals surface area contributed by atoms with Gasteiger partial charge >= 0.3 is 0 Å². The second kappa shape index (κ2) is 9.08. The molecule has 1 aliphatic carbocycles. The van der Waals surface area contributed by atoms with E-state index in [4.69, 9.17) is 5.73 Å². The van der Waals surface area contributed by atoms with Gasteiger partial charge in [0.05, 0.1) is 11.3 Å². The molecule has 0 aromatic heterocycles. The molecule has 1 saturated carbocycles. The van der Waals surface area contributed by atoms with Gasteiger partial charge < -0.3 is 16.4 Å². The zero-order valence-corrected chi connectivity index (χ0v) is 15.2. The largest absolute Gasteiger partial charge is 0.353 e. The minimum Gasteiger partial charge on any atom is -0.353 e. The van der Waals surface area contributed by atoms with Crippen LogP contribution in [0.5, 0.6) is 0 Å². The maximum Gasteiger partial charge on any atom is 0.252 e. The van der Waals surface area contributed by atoms with Gasteiger partial charge in [-0.05, 0) is 51.7 Å². The van der Waals surface area contributed by atoms with E-state index < -0.39 is 0 Å². The molecule has 1 aromatic carbocycles. The second-order valence-electron chi connectivity index (χ2n) is 6.59. The lowest BCUT2D eigenvalue weighted by atomic mass is 9.91. The number of carbonyl (C=O) groups excluding carboxylic acids is 2. The van der Waals surface area contributed by atoms with Crippen LogP contribution in [-0.4, -0.2) is 35.7 Å². The molecule has 0 bridgehead atoms. The zero-order valence-electron chi connectivity index (χ0n) is 14.4. The number of thioether (sulfide) groups is 1. The number of benzene rings is 1. The number of nitrogens with two attached hydrogens (primary N) is 1. The second-order valence-corrected chi connectivity index (χ2v) is 7.61. The molecule has 4 N–H and O–H groups in total. The Labute approximate surface area is 148 Å². The van der Waals surface area contributed by atoms with E-state index in [1.54, 1.807) is 0 Å². The molecule has 6 heteroatoms. The van der Waals surface area contributed by atoms with E-state index in [0.29, 0.717) is 11.3 Å². The van der Waals surface area contributed by atoms with Crippen molar-refractivity contribution < 1.29 is 9.59 Å². The fourth-order valence-electron chi connectivity index (χ4n) is 2.81. The summed E-state index contributed by atoms with van der Waals surface area (Å²) in [5, 5.41) is 5.97. The van der Waals surface area contributed by atoms with Crippen molar-refractivity contribution in [3.05, 3.63) is 29.8 Å². The Bertz CT molecular complexity index is 569. The van der Waals surface area contributed by atoms with E-state index >= 15 is 0 Å². The summed E-state index contributed by atoms with van der Waals surface area (Å²) in [4.78, 5) is 25.2. The Morgan fingerprint density at radius 1 is 1.21 bits per heavy atom. The highest BCUT2D eigenvalue weighted by Gasteiger charge is 2.21. The molecule has 2 amide bonds. The Morgan fingerprint density at radius 3 is 2.54 bits per heavy atom. The van der Waals surface area contributed by atoms with Crippen molar-refractivity contribution in [2.24, 2.45) is 5.73 Å². The lowest BCUT2D eigenvalue weighted by Gasteiger charge is -2.27. The van der Waals surface area contributed by atoms with Crippen LogP contribution in [0.4, 0.5) is 0 Å². The molecule has 0 heterocycles. The van der Waals surface area contributed by atoms with Crippen molar-refractivity contribution in [2.75, 3.05) is 5.75 Å². The highest BCUT2D eigenvalue weighted by atomic mass is 32.2. The summed E-state index contributed by atoms with van der Waals surface area (Å²) in [6.45, 7) is 3.86. The van der Waals surface area contributed by atoms with Gasteiger partial charge in [-0.3, -0.25) is 9.59 Å². The number of nitrogens with one attached hydrogen (secondary N) is 2. The monoisotopic (exact) mass is 349 g/mol. The Kier molecular flexibility index (Phi) is 7.12. The molecule has 1 aliphatic rings. The summed E-state index contributed by atoms with van der Waals surface area (Å²) in [5.41, 5.74) is 6.55. The van der Waals surface area contributed by atoms with Crippen molar-refractivity contribution in [3.63, 3.8) is 0 Å². The summed E-state index contributed by atoms with van der Waals surface area (Å²) in [5.74, 6) is 0.218. The van der Waals surface area contributed by atoms with E-state index in [-0.39, 0.29) is 29.9 Å². The zero-order chi connectivity index (χ0) is 17.5. The molecular formula is C18H27N3O2S. The third-order valence-electron chi connectivity index (χ3n) is 4.05. The van der Waals surface area contributed by atoms with Crippen LogP contribution < -0.4 is 16.4 Å². The van der Waals surface area contributed by atoms with Gasteiger partial charge in [-0.2, -0.15) is 0 Å². The maximum atomic E-state index is 12.6. The molecule has 1 aromatic rings. The number of rotatable bonds is 6. The number of carbonyl (C=O) groups is 2. The predicted molar refractivity (Wildman–Crippen MR) is 98.1 cm³/mol. The molecule has 1 fully saturated rings. The third kappa shape index (κ3) is 5.83. The van der Waals surface area contributed by atoms with Gasteiger partial charge in [-0.1, -0.05) is 12.1 Å². The highest BCUT2D eigenvalue weighted by molar-refractivity contribution is 8.00. The topological polar surface area (TPSA) is 84.2 Å². The van der Waals surface area contributed by atoms with Crippen LogP contribution >= 0.6 is 11.8 Å². The van der Waals surface area contributed by atoms with Crippen LogP contribution in [0.25, 0.3) is 0 Å². The lowest BCUT2D eigenvalue weighted by molar-refractivity contribution is -0.119. The molecule has 0 radical (unpaired) electrons. The summed E-state index contributed by atoms with van der Waals surface area (Å²) >= 11 is 1.40. The van der Waals surface area contributed by atoms with Gasteiger partial charge in [0.25, 0.3) is 5.91 Å². The van der Waals surface area contributed by atoms with Crippen LogP contribution in [0, 0.1) is 0 Å². The van der Waals surface area contributed by atoms with Crippen LogP contribution in [0.1, 0.15) is 49.9 Å². The molecule has 0 unspecified atom stereocenters. The summed E-state index contributed by atoms with van der Waals surface area (Å²) in [6.07, 6.45) is 3.77. The molecule has 0 spiro atoms. The first kappa shape index (κ1) is 18.8. The van der Waals surface area contributed by atoms with Crippen LogP contribution in [-0.2, 0) is 4.79 Å². The van der Waals surface area contributed by atoms with E-state index in [2.05, 4.69) is 10.6 Å². The van der Waals surface area contributed by atoms with Crippen LogP contribution in [0.3, 0.4) is 0 Å². The third-order valence-corrected chi connectivity index (χ3v) is 5.12. The minimum atomic E-state index is -0.0668. The molecule has 2 rings (SSSR count). The molecule has 5 nitrogen and oxygen atoms in total. The number of hydrogen-bond acceptors (Lipinski definition) is 4. The van der Waals surface area contributed by atoms with Crippen LogP contribution in [0.2, 0.25) is 0 Å². The molecule has 24 heavy (non-hydrogen) atoms. The lowest BCUT2D eigenvalue weighted by Crippen LogP contribution is -2.40. The fourth-order valence-corrected chi connectivity index (χ4v) is 3.67. The fraction of sp³-hybridized carbons (Fsp3) is 0.556. The molecule has 0 saturated heterocycles. The van der Waals surface area contributed by atoms with Crippen molar-refractivity contribution in [1.82, 2.24) is 10.6 Å². The van der Waals surface area contributed by atoms with Gasteiger partial charge in [-0.15, -0.1) is 11.8 Å². The van der Waals surface area contributed by atoms with Crippen molar-refractivity contribution >= 4 is 23.6 Å². The average Bonchev–Trinajstić information content (AvgIpc) is 2.54. The SMILES string of the molecule is CC(C)NC(=O)CSc1ccccc1C(=O)NC1CCC(N)CC1. The van der Waals surface area contributed by atoms with E-state index in [9.17, 15) is 9.59 Å². The predicted octanol–water partition coefficient (Wildman–Crippen LogP) is 2.30. The van der Waals surface area contributed by atoms with Gasteiger partial charge in [-0.25, -0.2) is 0 Å². The highest BCUT2D eigenvalue weighted by Crippen LogP contribution is 2.24. The van der Waals surface area contributed by atoms with Gasteiger partial charge in [0.15, 0.2) is 0 Å². The first-order chi connectivity index (χ1) is 11.5. The van der Waals surface area contributed by atoms with Gasteiger partial charge in [0.1, 0.15) is 0 Å². The standard InChI is InChI=1S/C18H27N3O2S/c1-12(2)20-17(22)11-24-16-6-4-3-5-15(16)18(23)21-14-9-7-13(19)8-10-14/h3-6,12-14H,7-11,19H2,1-2H3,(H,20,22)(H,21,23). The molecule has 132 valence electrons. The first-order valence-corrected chi connectivity index (χ1v) is 9.52. The normalized spacial score (nSPS) is 20.7. The number of hydrogen-bond donors (Lipinski definition) is 3. The van der Waals surface area contributed by atoms with Crippen molar-refractivity contribution in [2.45, 2.75) is 62.6 Å². The smallest absolute Gasteiger partial charge is 0.252 e. The summed E-state index contributed by atoms with van der Waals surface area (Å²) in [7, 11) is 0. The van der Waals surface area contributed by atoms with Crippen molar-refractivity contribution in [3.8, 4) is 0 Å². The Balaban J connectivity index is 1.94. The Morgan fingerprint density at radius 2 is 1.88 bits per heavy atom. The molecule has 0 atom stereocenters. The maximum absolute atomic E-state index is 12.6. The van der Waals surface area contributed by atoms with Crippen molar-refractivity contribution in [1.29, 1.82) is 0 Å². The quantitative estimate of drug-likeness (QED) is 0.688. The summed E-state index contributed by atoms with van der Waals surface area (Å²) < 4.78 is 0. The van der Waals surface area contributed by atoms with E-state index in [1.165, 1.54) is 11.8 Å². The van der Waals surface area contributed by atoms with E-state index in [1.807, 2.05) is 38.1 Å². The molecule has 0 aliphatic heterocycles.